The monoisotopic (exact) mass is 378 g/mol. The van der Waals surface area contributed by atoms with Crippen molar-refractivity contribution in [1.82, 2.24) is 40.1 Å². The predicted octanol–water partition coefficient (Wildman–Crippen LogP) is 0.551. The van der Waals surface area contributed by atoms with E-state index in [4.69, 9.17) is 0 Å². The summed E-state index contributed by atoms with van der Waals surface area (Å²) < 4.78 is 2.42. The van der Waals surface area contributed by atoms with E-state index in [0.29, 0.717) is 5.69 Å². The Morgan fingerprint density at radius 2 is 1.64 bits per heavy atom. The summed E-state index contributed by atoms with van der Waals surface area (Å²) >= 11 is 0. The molecule has 142 valence electrons. The molecule has 0 spiro atoms. The Kier molecular flexibility index (Phi) is 4.67. The van der Waals surface area contributed by atoms with Gasteiger partial charge in [-0.15, -0.1) is 0 Å². The van der Waals surface area contributed by atoms with E-state index < -0.39 is 6.04 Å². The van der Waals surface area contributed by atoms with Crippen LogP contribution in [0.1, 0.15) is 13.0 Å². The number of aromatic nitrogens is 7. The first-order valence-corrected chi connectivity index (χ1v) is 8.81. The van der Waals surface area contributed by atoms with Crippen molar-refractivity contribution >= 4 is 16.9 Å². The maximum Gasteiger partial charge on any atom is 0.368 e. The van der Waals surface area contributed by atoms with Crippen LogP contribution in [0, 0.1) is 0 Å². The highest BCUT2D eigenvalue weighted by Gasteiger charge is 2.18. The van der Waals surface area contributed by atoms with Crippen LogP contribution in [-0.2, 0) is 11.3 Å². The third-order valence-corrected chi connectivity index (χ3v) is 4.29. The molecule has 0 bridgehead atoms. The van der Waals surface area contributed by atoms with Gasteiger partial charge in [0.05, 0.1) is 12.2 Å². The minimum absolute atomic E-state index is 0.207. The van der Waals surface area contributed by atoms with Gasteiger partial charge in [-0.25, -0.2) is 4.79 Å². The normalized spacial score (nSPS) is 12.2. The third kappa shape index (κ3) is 3.39. The molecule has 1 unspecified atom stereocenters. The molecule has 10 heteroatoms. The molecule has 1 atom stereocenters. The molecule has 28 heavy (non-hydrogen) atoms. The molecule has 4 aromatic rings. The fourth-order valence-electron chi connectivity index (χ4n) is 2.73. The molecule has 1 N–H and O–H groups in total. The molecule has 0 saturated heterocycles. The average Bonchev–Trinajstić information content (AvgIpc) is 3.32. The molecule has 0 fully saturated rings. The van der Waals surface area contributed by atoms with Crippen LogP contribution in [0.3, 0.4) is 0 Å². The number of fused-ring (bicyclic) bond motifs is 1. The van der Waals surface area contributed by atoms with Crippen molar-refractivity contribution < 1.29 is 4.79 Å². The topological polar surface area (TPSA) is 113 Å². The summed E-state index contributed by atoms with van der Waals surface area (Å²) in [5.41, 5.74) is 1.72. The molecule has 0 aliphatic rings. The number of nitrogens with one attached hydrogen (secondary N) is 1. The number of hydrogen-bond acceptors (Lipinski definition) is 6. The Hall–Kier alpha value is -3.82. The summed E-state index contributed by atoms with van der Waals surface area (Å²) in [7, 11) is 0. The first-order valence-electron chi connectivity index (χ1n) is 8.81. The molecule has 1 amide bonds. The van der Waals surface area contributed by atoms with Crippen molar-refractivity contribution in [3.63, 3.8) is 0 Å². The molecule has 2 aromatic carbocycles. The third-order valence-electron chi connectivity index (χ3n) is 4.29. The second-order valence-corrected chi connectivity index (χ2v) is 6.21. The van der Waals surface area contributed by atoms with E-state index in [2.05, 4.69) is 25.9 Å². The highest BCUT2D eigenvalue weighted by atomic mass is 16.2. The highest BCUT2D eigenvalue weighted by molar-refractivity contribution is 5.80. The van der Waals surface area contributed by atoms with E-state index in [0.717, 1.165) is 11.0 Å². The van der Waals surface area contributed by atoms with Gasteiger partial charge in [0, 0.05) is 6.54 Å². The SMILES string of the molecule is CC(C(=O)NCCn1nnn(-c2ccccc2)c1=O)n1nc2ccccc2n1. The van der Waals surface area contributed by atoms with Crippen molar-refractivity contribution in [2.75, 3.05) is 6.54 Å². The van der Waals surface area contributed by atoms with Crippen LogP contribution in [0.15, 0.2) is 59.4 Å². The highest BCUT2D eigenvalue weighted by Crippen LogP contribution is 2.11. The number of carbonyl (C=O) groups is 1. The zero-order valence-electron chi connectivity index (χ0n) is 15.1. The molecule has 0 aliphatic carbocycles. The molecule has 10 nitrogen and oxygen atoms in total. The number of carbonyl (C=O) groups excluding carboxylic acids is 1. The van der Waals surface area contributed by atoms with Gasteiger partial charge in [-0.3, -0.25) is 4.79 Å². The Bertz CT molecular complexity index is 1130. The van der Waals surface area contributed by atoms with Crippen LogP contribution in [0.5, 0.6) is 0 Å². The molecule has 0 saturated carbocycles. The fourth-order valence-corrected chi connectivity index (χ4v) is 2.73. The van der Waals surface area contributed by atoms with Gasteiger partial charge in [-0.05, 0) is 41.6 Å². The van der Waals surface area contributed by atoms with Gasteiger partial charge in [-0.1, -0.05) is 30.3 Å². The second kappa shape index (κ2) is 7.43. The van der Waals surface area contributed by atoms with Crippen LogP contribution >= 0.6 is 0 Å². The minimum Gasteiger partial charge on any atom is -0.352 e. The number of benzene rings is 2. The van der Waals surface area contributed by atoms with Crippen LogP contribution < -0.4 is 11.0 Å². The smallest absolute Gasteiger partial charge is 0.352 e. The van der Waals surface area contributed by atoms with E-state index in [1.807, 2.05) is 42.5 Å². The Balaban J connectivity index is 1.38. The first-order chi connectivity index (χ1) is 13.6. The van der Waals surface area contributed by atoms with E-state index in [9.17, 15) is 9.59 Å². The molecule has 0 radical (unpaired) electrons. The second-order valence-electron chi connectivity index (χ2n) is 6.21. The summed E-state index contributed by atoms with van der Waals surface area (Å²) in [4.78, 5) is 26.1. The molecule has 4 rings (SSSR count). The van der Waals surface area contributed by atoms with Crippen LogP contribution in [0.25, 0.3) is 16.7 Å². The lowest BCUT2D eigenvalue weighted by Gasteiger charge is -2.10. The summed E-state index contributed by atoms with van der Waals surface area (Å²) in [5.74, 6) is -0.246. The number of nitrogens with zero attached hydrogens (tertiary/aromatic N) is 7. The summed E-state index contributed by atoms with van der Waals surface area (Å²) in [5, 5.41) is 19.1. The van der Waals surface area contributed by atoms with Gasteiger partial charge in [0.2, 0.25) is 5.91 Å². The van der Waals surface area contributed by atoms with Gasteiger partial charge in [0.25, 0.3) is 0 Å². The number of para-hydroxylation sites is 1. The lowest BCUT2D eigenvalue weighted by molar-refractivity contribution is -0.124. The average molecular weight is 378 g/mol. The maximum absolute atomic E-state index is 12.4. The first kappa shape index (κ1) is 17.6. The largest absolute Gasteiger partial charge is 0.368 e. The van der Waals surface area contributed by atoms with E-state index in [1.54, 1.807) is 19.1 Å². The van der Waals surface area contributed by atoms with Gasteiger partial charge in [0.15, 0.2) is 0 Å². The van der Waals surface area contributed by atoms with Gasteiger partial charge >= 0.3 is 5.69 Å². The van der Waals surface area contributed by atoms with Crippen molar-refractivity contribution in [3.8, 4) is 5.69 Å². The summed E-state index contributed by atoms with van der Waals surface area (Å²) in [6, 6.07) is 15.9. The summed E-state index contributed by atoms with van der Waals surface area (Å²) in [6.45, 7) is 2.15. The Morgan fingerprint density at radius 3 is 2.32 bits per heavy atom. The van der Waals surface area contributed by atoms with Gasteiger partial charge in [0.1, 0.15) is 17.1 Å². The minimum atomic E-state index is -0.580. The van der Waals surface area contributed by atoms with E-state index in [1.165, 1.54) is 14.2 Å². The molecular weight excluding hydrogens is 360 g/mol. The number of hydrogen-bond donors (Lipinski definition) is 1. The lowest BCUT2D eigenvalue weighted by Crippen LogP contribution is -2.36. The van der Waals surface area contributed by atoms with Crippen molar-refractivity contribution in [3.05, 3.63) is 65.1 Å². The standard InChI is InChI=1S/C18H18N8O2/c1-13(26-20-15-9-5-6-10-16(15)21-26)17(27)19-11-12-24-18(28)25(23-22-24)14-7-3-2-4-8-14/h2-10,13H,11-12H2,1H3,(H,19,27). The Morgan fingerprint density at radius 1 is 1.00 bits per heavy atom. The van der Waals surface area contributed by atoms with Crippen molar-refractivity contribution in [2.45, 2.75) is 19.5 Å². The van der Waals surface area contributed by atoms with E-state index >= 15 is 0 Å². The van der Waals surface area contributed by atoms with Crippen LogP contribution in [-0.4, -0.2) is 47.2 Å². The predicted molar refractivity (Wildman–Crippen MR) is 101 cm³/mol. The molecule has 0 aliphatic heterocycles. The van der Waals surface area contributed by atoms with Crippen LogP contribution in [0.4, 0.5) is 0 Å². The molecular formula is C18H18N8O2. The fraction of sp³-hybridized carbons (Fsp3) is 0.222. The Labute approximate surface area is 159 Å². The van der Waals surface area contributed by atoms with Gasteiger partial charge < -0.3 is 5.32 Å². The van der Waals surface area contributed by atoms with Crippen molar-refractivity contribution in [2.24, 2.45) is 0 Å². The maximum atomic E-state index is 12.4. The zero-order chi connectivity index (χ0) is 19.5. The number of amides is 1. The number of rotatable bonds is 6. The van der Waals surface area contributed by atoms with Crippen LogP contribution in [0.2, 0.25) is 0 Å². The lowest BCUT2D eigenvalue weighted by atomic mass is 10.3. The van der Waals surface area contributed by atoms with Crippen molar-refractivity contribution in [1.29, 1.82) is 0 Å². The zero-order valence-corrected chi connectivity index (χ0v) is 15.1. The molecule has 2 heterocycles. The van der Waals surface area contributed by atoms with Gasteiger partial charge in [-0.2, -0.15) is 24.4 Å². The molecule has 2 aromatic heterocycles. The number of tetrazole rings is 1. The summed E-state index contributed by atoms with van der Waals surface area (Å²) in [6.07, 6.45) is 0. The quantitative estimate of drug-likeness (QED) is 0.524. The van der Waals surface area contributed by atoms with E-state index in [-0.39, 0.29) is 24.7 Å².